The van der Waals surface area contributed by atoms with E-state index < -0.39 is 0 Å². The van der Waals surface area contributed by atoms with Crippen LogP contribution in [0.15, 0.2) is 84.9 Å². The Bertz CT molecular complexity index is 813. The number of para-hydroxylation sites is 2. The fraction of sp³-hybridized carbons (Fsp3) is 0.174. The van der Waals surface area contributed by atoms with E-state index in [1.165, 1.54) is 11.1 Å². The van der Waals surface area contributed by atoms with E-state index in [4.69, 9.17) is 4.74 Å². The Kier molecular flexibility index (Phi) is 6.94. The summed E-state index contributed by atoms with van der Waals surface area (Å²) in [6.45, 7) is 2.49. The van der Waals surface area contributed by atoms with E-state index in [2.05, 4.69) is 29.6 Å². The summed E-state index contributed by atoms with van der Waals surface area (Å²) < 4.78 is 5.58. The first kappa shape index (κ1) is 19.1. The van der Waals surface area contributed by atoms with Crippen LogP contribution in [0.25, 0.3) is 0 Å². The van der Waals surface area contributed by atoms with Crippen LogP contribution in [-0.2, 0) is 4.79 Å². The fourth-order valence-electron chi connectivity index (χ4n) is 2.84. The van der Waals surface area contributed by atoms with Gasteiger partial charge in [-0.2, -0.15) is 0 Å². The van der Waals surface area contributed by atoms with Crippen LogP contribution in [0.5, 0.6) is 5.75 Å². The second-order valence-corrected chi connectivity index (χ2v) is 7.08. The van der Waals surface area contributed by atoms with E-state index in [9.17, 15) is 4.79 Å². The molecule has 0 atom stereocenters. The molecule has 0 fully saturated rings. The highest BCUT2D eigenvalue weighted by atomic mass is 32.2. The summed E-state index contributed by atoms with van der Waals surface area (Å²) >= 11 is 1.62. The molecule has 3 aromatic rings. The molecule has 0 aliphatic heterocycles. The maximum Gasteiger partial charge on any atom is 0.234 e. The molecule has 1 amide bonds. The van der Waals surface area contributed by atoms with Gasteiger partial charge in [0.1, 0.15) is 5.75 Å². The van der Waals surface area contributed by atoms with Crippen molar-refractivity contribution in [1.82, 2.24) is 0 Å². The van der Waals surface area contributed by atoms with Gasteiger partial charge in [-0.1, -0.05) is 72.8 Å². The molecule has 0 radical (unpaired) electrons. The number of benzene rings is 3. The Morgan fingerprint density at radius 3 is 2.04 bits per heavy atom. The molecule has 27 heavy (non-hydrogen) atoms. The molecular formula is C23H23NO2S. The lowest BCUT2D eigenvalue weighted by atomic mass is 10.0. The lowest BCUT2D eigenvalue weighted by Gasteiger charge is -2.18. The molecule has 0 aromatic heterocycles. The lowest BCUT2D eigenvalue weighted by molar-refractivity contribution is -0.113. The molecule has 1 N–H and O–H groups in total. The molecule has 0 unspecified atom stereocenters. The van der Waals surface area contributed by atoms with Crippen LogP contribution in [0.1, 0.15) is 23.3 Å². The van der Waals surface area contributed by atoms with Crippen molar-refractivity contribution in [2.75, 3.05) is 17.7 Å². The fourth-order valence-corrected chi connectivity index (χ4v) is 3.93. The second kappa shape index (κ2) is 9.83. The average molecular weight is 378 g/mol. The molecule has 0 aliphatic rings. The lowest BCUT2D eigenvalue weighted by Crippen LogP contribution is -2.16. The molecule has 0 spiro atoms. The van der Waals surface area contributed by atoms with Gasteiger partial charge in [0.25, 0.3) is 0 Å². The normalized spacial score (nSPS) is 10.6. The van der Waals surface area contributed by atoms with Gasteiger partial charge in [-0.3, -0.25) is 4.79 Å². The maximum atomic E-state index is 12.5. The minimum absolute atomic E-state index is 0.0379. The van der Waals surface area contributed by atoms with Crippen molar-refractivity contribution >= 4 is 23.4 Å². The number of thioether (sulfide) groups is 1. The van der Waals surface area contributed by atoms with Crippen molar-refractivity contribution in [2.45, 2.75) is 12.2 Å². The topological polar surface area (TPSA) is 38.3 Å². The van der Waals surface area contributed by atoms with Crippen LogP contribution in [0, 0.1) is 0 Å². The summed E-state index contributed by atoms with van der Waals surface area (Å²) in [5.41, 5.74) is 3.09. The Labute approximate surface area is 164 Å². The number of hydrogen-bond acceptors (Lipinski definition) is 3. The van der Waals surface area contributed by atoms with Gasteiger partial charge < -0.3 is 10.1 Å². The molecule has 0 saturated heterocycles. The van der Waals surface area contributed by atoms with Gasteiger partial charge in [0.15, 0.2) is 0 Å². The second-order valence-electron chi connectivity index (χ2n) is 5.99. The molecule has 3 aromatic carbocycles. The third-order valence-electron chi connectivity index (χ3n) is 4.05. The number of rotatable bonds is 8. The summed E-state index contributed by atoms with van der Waals surface area (Å²) in [5.74, 6) is 1.01. The number of carbonyl (C=O) groups excluding carboxylic acids is 1. The first-order valence-electron chi connectivity index (χ1n) is 9.01. The first-order valence-corrected chi connectivity index (χ1v) is 10.1. The van der Waals surface area contributed by atoms with Gasteiger partial charge in [-0.05, 0) is 30.2 Å². The van der Waals surface area contributed by atoms with Crippen molar-refractivity contribution in [3.05, 3.63) is 96.1 Å². The van der Waals surface area contributed by atoms with Gasteiger partial charge in [0.05, 0.1) is 23.3 Å². The largest absolute Gasteiger partial charge is 0.492 e. The van der Waals surface area contributed by atoms with Gasteiger partial charge in [-0.25, -0.2) is 0 Å². The highest BCUT2D eigenvalue weighted by Gasteiger charge is 2.17. The van der Waals surface area contributed by atoms with Crippen LogP contribution < -0.4 is 10.1 Å². The van der Waals surface area contributed by atoms with Crippen molar-refractivity contribution in [2.24, 2.45) is 0 Å². The van der Waals surface area contributed by atoms with E-state index in [0.29, 0.717) is 23.8 Å². The number of anilines is 1. The van der Waals surface area contributed by atoms with Gasteiger partial charge >= 0.3 is 0 Å². The Balaban J connectivity index is 1.70. The monoisotopic (exact) mass is 377 g/mol. The molecule has 3 nitrogen and oxygen atoms in total. The minimum atomic E-state index is -0.0379. The number of amides is 1. The maximum absolute atomic E-state index is 12.5. The van der Waals surface area contributed by atoms with Crippen molar-refractivity contribution < 1.29 is 9.53 Å². The van der Waals surface area contributed by atoms with Crippen molar-refractivity contribution in [3.8, 4) is 5.75 Å². The predicted octanol–water partition coefficient (Wildman–Crippen LogP) is 5.55. The van der Waals surface area contributed by atoms with Crippen molar-refractivity contribution in [1.29, 1.82) is 0 Å². The van der Waals surface area contributed by atoms with Gasteiger partial charge in [0, 0.05) is 0 Å². The first-order chi connectivity index (χ1) is 13.3. The zero-order chi connectivity index (χ0) is 18.9. The molecule has 0 aliphatic carbocycles. The van der Waals surface area contributed by atoms with E-state index in [0.717, 1.165) is 0 Å². The third-order valence-corrected chi connectivity index (χ3v) is 5.35. The molecular weight excluding hydrogens is 354 g/mol. The van der Waals surface area contributed by atoms with Crippen LogP contribution in [-0.4, -0.2) is 18.3 Å². The average Bonchev–Trinajstić information content (AvgIpc) is 2.71. The summed E-state index contributed by atoms with van der Waals surface area (Å²) in [4.78, 5) is 12.5. The highest BCUT2D eigenvalue weighted by molar-refractivity contribution is 8.00. The predicted molar refractivity (Wildman–Crippen MR) is 113 cm³/mol. The zero-order valence-corrected chi connectivity index (χ0v) is 16.1. The van der Waals surface area contributed by atoms with Crippen LogP contribution in [0.3, 0.4) is 0 Å². The zero-order valence-electron chi connectivity index (χ0n) is 15.3. The Morgan fingerprint density at radius 2 is 1.44 bits per heavy atom. The summed E-state index contributed by atoms with van der Waals surface area (Å²) in [7, 11) is 0. The molecule has 0 heterocycles. The Hall–Kier alpha value is -2.72. The Morgan fingerprint density at radius 1 is 0.889 bits per heavy atom. The van der Waals surface area contributed by atoms with E-state index in [1.54, 1.807) is 11.8 Å². The summed E-state index contributed by atoms with van der Waals surface area (Å²) in [6.07, 6.45) is 0. The molecule has 4 heteroatoms. The smallest absolute Gasteiger partial charge is 0.234 e. The van der Waals surface area contributed by atoms with Gasteiger partial charge in [0.2, 0.25) is 5.91 Å². The standard InChI is InChI=1S/C23H23NO2S/c1-2-26-21-16-10-9-15-20(21)24-22(25)17-27-23(18-11-5-3-6-12-18)19-13-7-4-8-14-19/h3-16,23H,2,17H2,1H3,(H,24,25). The van der Waals surface area contributed by atoms with E-state index in [-0.39, 0.29) is 11.2 Å². The molecule has 138 valence electrons. The highest BCUT2D eigenvalue weighted by Crippen LogP contribution is 2.35. The molecule has 3 rings (SSSR count). The SMILES string of the molecule is CCOc1ccccc1NC(=O)CSC(c1ccccc1)c1ccccc1. The summed E-state index contributed by atoms with van der Waals surface area (Å²) in [5, 5.41) is 3.08. The van der Waals surface area contributed by atoms with E-state index in [1.807, 2.05) is 67.6 Å². The summed E-state index contributed by atoms with van der Waals surface area (Å²) in [6, 6.07) is 28.1. The number of ether oxygens (including phenoxy) is 1. The van der Waals surface area contributed by atoms with Gasteiger partial charge in [-0.15, -0.1) is 11.8 Å². The quantitative estimate of drug-likeness (QED) is 0.559. The molecule has 0 bridgehead atoms. The number of nitrogens with one attached hydrogen (secondary N) is 1. The van der Waals surface area contributed by atoms with Crippen LogP contribution in [0.4, 0.5) is 5.69 Å². The van der Waals surface area contributed by atoms with Crippen LogP contribution in [0.2, 0.25) is 0 Å². The minimum Gasteiger partial charge on any atom is -0.492 e. The molecule has 0 saturated carbocycles. The van der Waals surface area contributed by atoms with Crippen molar-refractivity contribution in [3.63, 3.8) is 0 Å². The van der Waals surface area contributed by atoms with E-state index >= 15 is 0 Å². The number of hydrogen-bond donors (Lipinski definition) is 1. The third kappa shape index (κ3) is 5.38. The van der Waals surface area contributed by atoms with Crippen LogP contribution >= 0.6 is 11.8 Å². The number of carbonyl (C=O) groups is 1.